The molecule has 0 bridgehead atoms. The quantitative estimate of drug-likeness (QED) is 0.0261. The van der Waals surface area contributed by atoms with Gasteiger partial charge in [-0.05, 0) is 96.3 Å². The highest BCUT2D eigenvalue weighted by molar-refractivity contribution is 5.71. The van der Waals surface area contributed by atoms with Crippen LogP contribution in [-0.2, 0) is 28.6 Å². The van der Waals surface area contributed by atoms with Crippen LogP contribution in [-0.4, -0.2) is 37.2 Å². The second-order valence-corrected chi connectivity index (χ2v) is 22.7. The van der Waals surface area contributed by atoms with Gasteiger partial charge in [0.15, 0.2) is 6.10 Å². The van der Waals surface area contributed by atoms with Gasteiger partial charge < -0.3 is 14.2 Å². The Labute approximate surface area is 484 Å². The van der Waals surface area contributed by atoms with Gasteiger partial charge in [0, 0.05) is 19.3 Å². The van der Waals surface area contributed by atoms with Crippen LogP contribution in [0.25, 0.3) is 0 Å². The van der Waals surface area contributed by atoms with Crippen LogP contribution in [0, 0.1) is 0 Å². The van der Waals surface area contributed by atoms with Crippen molar-refractivity contribution in [1.29, 1.82) is 0 Å². The monoisotopic (exact) mass is 1090 g/mol. The van der Waals surface area contributed by atoms with Crippen molar-refractivity contribution in [2.45, 2.75) is 354 Å². The Hall–Kier alpha value is -3.15. The smallest absolute Gasteiger partial charge is 0.306 e. The zero-order chi connectivity index (χ0) is 56.4. The molecule has 78 heavy (non-hydrogen) atoms. The lowest BCUT2D eigenvalue weighted by Gasteiger charge is -2.18. The first kappa shape index (κ1) is 74.8. The van der Waals surface area contributed by atoms with Crippen molar-refractivity contribution in [3.05, 3.63) is 72.9 Å². The average molecular weight is 1090 g/mol. The zero-order valence-corrected chi connectivity index (χ0v) is 51.9. The van der Waals surface area contributed by atoms with Crippen LogP contribution in [0.1, 0.15) is 348 Å². The average Bonchev–Trinajstić information content (AvgIpc) is 3.44. The molecule has 6 heteroatoms. The molecular formula is C72H128O6. The maximum Gasteiger partial charge on any atom is 0.306 e. The Morgan fingerprint density at radius 2 is 0.462 bits per heavy atom. The molecule has 1 unspecified atom stereocenters. The minimum Gasteiger partial charge on any atom is -0.462 e. The van der Waals surface area contributed by atoms with E-state index in [0.717, 1.165) is 96.3 Å². The van der Waals surface area contributed by atoms with Crippen molar-refractivity contribution in [2.24, 2.45) is 0 Å². The first-order valence-corrected chi connectivity index (χ1v) is 33.9. The fourth-order valence-electron chi connectivity index (χ4n) is 9.81. The molecule has 0 aliphatic rings. The summed E-state index contributed by atoms with van der Waals surface area (Å²) in [4.78, 5) is 38.0. The summed E-state index contributed by atoms with van der Waals surface area (Å²) < 4.78 is 16.8. The number of carbonyl (C=O) groups excluding carboxylic acids is 3. The Kier molecular flexibility index (Phi) is 63.7. The highest BCUT2D eigenvalue weighted by Gasteiger charge is 2.19. The van der Waals surface area contributed by atoms with Gasteiger partial charge in [0.25, 0.3) is 0 Å². The summed E-state index contributed by atoms with van der Waals surface area (Å²) in [5, 5.41) is 0. The van der Waals surface area contributed by atoms with Crippen molar-refractivity contribution < 1.29 is 28.6 Å². The number of ether oxygens (including phenoxy) is 3. The molecule has 1 atom stereocenters. The van der Waals surface area contributed by atoms with Crippen LogP contribution < -0.4 is 0 Å². The van der Waals surface area contributed by atoms with Gasteiger partial charge in [-0.25, -0.2) is 0 Å². The zero-order valence-electron chi connectivity index (χ0n) is 51.9. The molecule has 0 aliphatic heterocycles. The van der Waals surface area contributed by atoms with E-state index in [2.05, 4.69) is 93.7 Å². The highest BCUT2D eigenvalue weighted by Crippen LogP contribution is 2.17. The summed E-state index contributed by atoms with van der Waals surface area (Å²) in [5.74, 6) is -0.885. The van der Waals surface area contributed by atoms with E-state index in [4.69, 9.17) is 14.2 Å². The number of hydrogen-bond donors (Lipinski definition) is 0. The van der Waals surface area contributed by atoms with Gasteiger partial charge in [0.2, 0.25) is 0 Å². The van der Waals surface area contributed by atoms with E-state index >= 15 is 0 Å². The second kappa shape index (κ2) is 66.4. The second-order valence-electron chi connectivity index (χ2n) is 22.7. The van der Waals surface area contributed by atoms with Crippen molar-refractivity contribution >= 4 is 17.9 Å². The van der Waals surface area contributed by atoms with Gasteiger partial charge in [-0.2, -0.15) is 0 Å². The topological polar surface area (TPSA) is 78.9 Å². The van der Waals surface area contributed by atoms with Gasteiger partial charge in [0.1, 0.15) is 13.2 Å². The van der Waals surface area contributed by atoms with E-state index in [1.54, 1.807) is 0 Å². The summed E-state index contributed by atoms with van der Waals surface area (Å²) in [5.41, 5.74) is 0. The lowest BCUT2D eigenvalue weighted by molar-refractivity contribution is -0.167. The van der Waals surface area contributed by atoms with Gasteiger partial charge in [0.05, 0.1) is 0 Å². The first-order valence-electron chi connectivity index (χ1n) is 33.9. The van der Waals surface area contributed by atoms with Gasteiger partial charge in [-0.1, -0.05) is 306 Å². The van der Waals surface area contributed by atoms with Crippen molar-refractivity contribution in [1.82, 2.24) is 0 Å². The predicted octanol–water partition coefficient (Wildman–Crippen LogP) is 23.3. The fraction of sp³-hybridized carbons (Fsp3) is 0.792. The third-order valence-electron chi connectivity index (χ3n) is 14.9. The molecule has 0 saturated carbocycles. The van der Waals surface area contributed by atoms with Crippen molar-refractivity contribution in [2.75, 3.05) is 13.2 Å². The van der Waals surface area contributed by atoms with Gasteiger partial charge in [-0.3, -0.25) is 14.4 Å². The standard InChI is InChI=1S/C72H128O6/c1-4-7-10-13-16-18-20-22-24-26-28-30-31-32-33-34-35-36-37-38-39-40-41-43-44-46-48-50-52-54-56-59-62-65-71(74)77-68-69(67-76-70(73)64-61-58-15-12-9-6-3)78-72(75)66-63-60-57-55-53-51-49-47-45-42-29-27-25-23-21-19-17-14-11-8-5-2/h20-23,26-29,31-32,45,47,69H,4-19,24-25,30,33-44,46,48-68H2,1-3H3/b22-20-,23-21-,28-26-,29-27-,32-31-,47-45-. The van der Waals surface area contributed by atoms with Crippen LogP contribution in [0.2, 0.25) is 0 Å². The lowest BCUT2D eigenvalue weighted by atomic mass is 10.0. The molecule has 0 rings (SSSR count). The summed E-state index contributed by atoms with van der Waals surface area (Å²) >= 11 is 0. The van der Waals surface area contributed by atoms with Crippen LogP contribution in [0.3, 0.4) is 0 Å². The molecule has 0 fully saturated rings. The van der Waals surface area contributed by atoms with Crippen LogP contribution in [0.5, 0.6) is 0 Å². The maximum absolute atomic E-state index is 12.8. The predicted molar refractivity (Wildman–Crippen MR) is 339 cm³/mol. The highest BCUT2D eigenvalue weighted by atomic mass is 16.6. The molecule has 0 saturated heterocycles. The van der Waals surface area contributed by atoms with Crippen molar-refractivity contribution in [3.63, 3.8) is 0 Å². The van der Waals surface area contributed by atoms with Crippen molar-refractivity contribution in [3.8, 4) is 0 Å². The number of esters is 3. The van der Waals surface area contributed by atoms with Crippen LogP contribution >= 0.6 is 0 Å². The van der Waals surface area contributed by atoms with Crippen LogP contribution in [0.15, 0.2) is 72.9 Å². The Bertz CT molecular complexity index is 1440. The third-order valence-corrected chi connectivity index (χ3v) is 14.9. The molecule has 0 spiro atoms. The molecule has 0 aliphatic carbocycles. The van der Waals surface area contributed by atoms with Crippen LogP contribution in [0.4, 0.5) is 0 Å². The number of rotatable bonds is 62. The van der Waals surface area contributed by atoms with E-state index in [0.29, 0.717) is 19.3 Å². The van der Waals surface area contributed by atoms with E-state index < -0.39 is 6.10 Å². The Balaban J connectivity index is 4.01. The summed E-state index contributed by atoms with van der Waals surface area (Å²) in [7, 11) is 0. The molecule has 0 aromatic heterocycles. The summed E-state index contributed by atoms with van der Waals surface area (Å²) in [6.07, 6.45) is 86.8. The molecule has 0 radical (unpaired) electrons. The van der Waals surface area contributed by atoms with E-state index in [1.165, 1.54) is 212 Å². The minimum atomic E-state index is -0.778. The molecule has 0 aromatic rings. The van der Waals surface area contributed by atoms with Gasteiger partial charge >= 0.3 is 17.9 Å². The normalized spacial score (nSPS) is 12.5. The van der Waals surface area contributed by atoms with E-state index in [9.17, 15) is 14.4 Å². The molecule has 0 heterocycles. The molecule has 6 nitrogen and oxygen atoms in total. The number of allylic oxidation sites excluding steroid dienone is 12. The SMILES string of the molecule is CCCCCCC/C=C\C/C=C\C/C=C\CCCCCCCCCCCCCCCCCCCCC(=O)OCC(COC(=O)CCCCCCCC)OC(=O)CCCCCCCC/C=C\C/C=C\C/C=C\CCCCCCC. The molecule has 452 valence electrons. The third kappa shape index (κ3) is 63.7. The Morgan fingerprint density at radius 3 is 0.718 bits per heavy atom. The lowest BCUT2D eigenvalue weighted by Crippen LogP contribution is -2.30. The Morgan fingerprint density at radius 1 is 0.256 bits per heavy atom. The summed E-state index contributed by atoms with van der Waals surface area (Å²) in [6, 6.07) is 0. The number of hydrogen-bond acceptors (Lipinski definition) is 6. The van der Waals surface area contributed by atoms with E-state index in [1.807, 2.05) is 0 Å². The molecule has 0 aromatic carbocycles. The summed E-state index contributed by atoms with van der Waals surface area (Å²) in [6.45, 7) is 6.58. The molecule has 0 amide bonds. The largest absolute Gasteiger partial charge is 0.462 e. The number of carbonyl (C=O) groups is 3. The minimum absolute atomic E-state index is 0.0776. The first-order chi connectivity index (χ1) is 38.5. The molecular weight excluding hydrogens is 961 g/mol. The van der Waals surface area contributed by atoms with Gasteiger partial charge in [-0.15, -0.1) is 0 Å². The maximum atomic E-state index is 12.8. The van der Waals surface area contributed by atoms with E-state index in [-0.39, 0.29) is 31.1 Å². The fourth-order valence-corrected chi connectivity index (χ4v) is 9.81. The number of unbranched alkanes of at least 4 members (excludes halogenated alkanes) is 39. The molecule has 0 N–H and O–H groups in total.